The molecule has 0 saturated carbocycles. The summed E-state index contributed by atoms with van der Waals surface area (Å²) in [5, 5.41) is 2.89. The van der Waals surface area contributed by atoms with Crippen molar-refractivity contribution >= 4 is 33.2 Å². The van der Waals surface area contributed by atoms with Crippen molar-refractivity contribution in [1.82, 2.24) is 0 Å². The number of aryl methyl sites for hydroxylation is 1. The van der Waals surface area contributed by atoms with Crippen LogP contribution in [0.1, 0.15) is 21.5 Å². The maximum Gasteiger partial charge on any atom is 0.256 e. The number of carbonyl (C=O) groups is 1. The molecular weight excluding hydrogens is 304 g/mol. The zero-order chi connectivity index (χ0) is 14.0. The molecule has 0 fully saturated rings. The van der Waals surface area contributed by atoms with Crippen LogP contribution in [-0.4, -0.2) is 5.91 Å². The van der Waals surface area contributed by atoms with Crippen molar-refractivity contribution in [1.29, 1.82) is 0 Å². The summed E-state index contributed by atoms with van der Waals surface area (Å²) in [5.41, 5.74) is 9.67. The molecule has 2 rings (SSSR count). The van der Waals surface area contributed by atoms with E-state index in [1.54, 1.807) is 18.2 Å². The van der Waals surface area contributed by atoms with Crippen LogP contribution in [0.5, 0.6) is 0 Å². The first-order valence-electron chi connectivity index (χ1n) is 5.91. The molecule has 2 aromatic carbocycles. The minimum atomic E-state index is -0.156. The largest absolute Gasteiger partial charge is 0.398 e. The van der Waals surface area contributed by atoms with Gasteiger partial charge in [0.1, 0.15) is 0 Å². The highest BCUT2D eigenvalue weighted by Gasteiger charge is 2.12. The van der Waals surface area contributed by atoms with Crippen LogP contribution in [0.25, 0.3) is 0 Å². The Labute approximate surface area is 121 Å². The molecule has 0 heterocycles. The molecule has 3 nitrogen and oxygen atoms in total. The Bertz CT molecular complexity index is 638. The average molecular weight is 319 g/mol. The summed E-state index contributed by atoms with van der Waals surface area (Å²) in [4.78, 5) is 12.3. The third kappa shape index (κ3) is 2.96. The van der Waals surface area contributed by atoms with Gasteiger partial charge in [0.25, 0.3) is 5.91 Å². The van der Waals surface area contributed by atoms with Crippen LogP contribution in [0.3, 0.4) is 0 Å². The molecule has 0 saturated heterocycles. The molecule has 0 unspecified atom stereocenters. The molecule has 0 aromatic heterocycles. The molecule has 2 aromatic rings. The second kappa shape index (κ2) is 5.45. The summed E-state index contributed by atoms with van der Waals surface area (Å²) in [6, 6.07) is 11.1. The highest BCUT2D eigenvalue weighted by atomic mass is 79.9. The van der Waals surface area contributed by atoms with Crippen molar-refractivity contribution in [3.8, 4) is 0 Å². The van der Waals surface area contributed by atoms with Crippen molar-refractivity contribution in [3.63, 3.8) is 0 Å². The smallest absolute Gasteiger partial charge is 0.256 e. The predicted octanol–water partition coefficient (Wildman–Crippen LogP) is 3.90. The molecule has 19 heavy (non-hydrogen) atoms. The Morgan fingerprint density at radius 2 is 1.95 bits per heavy atom. The van der Waals surface area contributed by atoms with Gasteiger partial charge in [-0.05, 0) is 65.2 Å². The van der Waals surface area contributed by atoms with E-state index in [9.17, 15) is 4.79 Å². The predicted molar refractivity (Wildman–Crippen MR) is 82.4 cm³/mol. The van der Waals surface area contributed by atoms with Crippen LogP contribution in [0.15, 0.2) is 40.9 Å². The van der Waals surface area contributed by atoms with Crippen LogP contribution in [0.2, 0.25) is 0 Å². The number of hydrogen-bond acceptors (Lipinski definition) is 2. The van der Waals surface area contributed by atoms with Crippen molar-refractivity contribution in [2.24, 2.45) is 0 Å². The first kappa shape index (κ1) is 13.6. The molecule has 98 valence electrons. The zero-order valence-corrected chi connectivity index (χ0v) is 12.4. The highest BCUT2D eigenvalue weighted by molar-refractivity contribution is 9.10. The molecule has 4 heteroatoms. The van der Waals surface area contributed by atoms with Gasteiger partial charge in [-0.1, -0.05) is 12.1 Å². The van der Waals surface area contributed by atoms with Gasteiger partial charge in [0.05, 0.1) is 5.69 Å². The molecule has 3 N–H and O–H groups in total. The Morgan fingerprint density at radius 1 is 1.21 bits per heavy atom. The van der Waals surface area contributed by atoms with Gasteiger partial charge in [-0.2, -0.15) is 0 Å². The summed E-state index contributed by atoms with van der Waals surface area (Å²) in [6.45, 7) is 3.82. The van der Waals surface area contributed by atoms with E-state index >= 15 is 0 Å². The monoisotopic (exact) mass is 318 g/mol. The van der Waals surface area contributed by atoms with Crippen molar-refractivity contribution in [2.45, 2.75) is 13.8 Å². The van der Waals surface area contributed by atoms with E-state index < -0.39 is 0 Å². The number of amides is 1. The summed E-state index contributed by atoms with van der Waals surface area (Å²) in [7, 11) is 0. The SMILES string of the molecule is Cc1ccc(Br)c(NC(=O)c2cccc(N)c2C)c1. The standard InChI is InChI=1S/C15H15BrN2O/c1-9-6-7-12(16)14(8-9)18-15(19)11-4-3-5-13(17)10(11)2/h3-8H,17H2,1-2H3,(H,18,19). The number of halogens is 1. The molecule has 0 atom stereocenters. The maximum absolute atomic E-state index is 12.3. The van der Waals surface area contributed by atoms with Crippen molar-refractivity contribution < 1.29 is 4.79 Å². The molecule has 0 aliphatic rings. The van der Waals surface area contributed by atoms with Crippen LogP contribution >= 0.6 is 15.9 Å². The molecule has 1 amide bonds. The maximum atomic E-state index is 12.3. The van der Waals surface area contributed by atoms with Gasteiger partial charge in [0, 0.05) is 15.7 Å². The minimum absolute atomic E-state index is 0.156. The van der Waals surface area contributed by atoms with Crippen LogP contribution < -0.4 is 11.1 Å². The lowest BCUT2D eigenvalue weighted by Crippen LogP contribution is -2.14. The van der Waals surface area contributed by atoms with E-state index in [0.717, 1.165) is 21.3 Å². The van der Waals surface area contributed by atoms with Crippen LogP contribution in [0, 0.1) is 13.8 Å². The van der Waals surface area contributed by atoms with E-state index in [-0.39, 0.29) is 5.91 Å². The van der Waals surface area contributed by atoms with E-state index in [0.29, 0.717) is 11.3 Å². The normalized spacial score (nSPS) is 10.3. The quantitative estimate of drug-likeness (QED) is 0.825. The highest BCUT2D eigenvalue weighted by Crippen LogP contribution is 2.25. The summed E-state index contributed by atoms with van der Waals surface area (Å²) in [6.07, 6.45) is 0. The van der Waals surface area contributed by atoms with E-state index in [2.05, 4.69) is 21.2 Å². The van der Waals surface area contributed by atoms with Gasteiger partial charge >= 0.3 is 0 Å². The molecule has 0 spiro atoms. The van der Waals surface area contributed by atoms with Crippen molar-refractivity contribution in [3.05, 3.63) is 57.6 Å². The fourth-order valence-electron chi connectivity index (χ4n) is 1.82. The third-order valence-electron chi connectivity index (χ3n) is 2.99. The van der Waals surface area contributed by atoms with Gasteiger partial charge in [0.15, 0.2) is 0 Å². The second-order valence-corrected chi connectivity index (χ2v) is 5.31. The minimum Gasteiger partial charge on any atom is -0.398 e. The van der Waals surface area contributed by atoms with Crippen molar-refractivity contribution in [2.75, 3.05) is 11.1 Å². The average Bonchev–Trinajstić information content (AvgIpc) is 2.37. The molecule has 0 aliphatic carbocycles. The zero-order valence-electron chi connectivity index (χ0n) is 10.8. The number of nitrogens with two attached hydrogens (primary N) is 1. The van der Waals surface area contributed by atoms with Crippen LogP contribution in [0.4, 0.5) is 11.4 Å². The van der Waals surface area contributed by atoms with Gasteiger partial charge in [-0.25, -0.2) is 0 Å². The van der Waals surface area contributed by atoms with Crippen LogP contribution in [-0.2, 0) is 0 Å². The topological polar surface area (TPSA) is 55.1 Å². The molecule has 0 bridgehead atoms. The number of nitrogen functional groups attached to an aromatic ring is 1. The fourth-order valence-corrected chi connectivity index (χ4v) is 2.17. The summed E-state index contributed by atoms with van der Waals surface area (Å²) in [5.74, 6) is -0.156. The van der Waals surface area contributed by atoms with Gasteiger partial charge < -0.3 is 11.1 Å². The lowest BCUT2D eigenvalue weighted by Gasteiger charge is -2.11. The number of rotatable bonds is 2. The first-order chi connectivity index (χ1) is 8.99. The number of carbonyl (C=O) groups excluding carboxylic acids is 1. The molecule has 0 radical (unpaired) electrons. The Balaban J connectivity index is 2.31. The van der Waals surface area contributed by atoms with E-state index in [1.165, 1.54) is 0 Å². The molecular formula is C15H15BrN2O. The van der Waals surface area contributed by atoms with E-state index in [4.69, 9.17) is 5.73 Å². The lowest BCUT2D eigenvalue weighted by molar-refractivity contribution is 0.102. The number of hydrogen-bond donors (Lipinski definition) is 2. The van der Waals surface area contributed by atoms with Gasteiger partial charge in [-0.15, -0.1) is 0 Å². The number of benzene rings is 2. The Kier molecular flexibility index (Phi) is 3.90. The number of nitrogens with one attached hydrogen (secondary N) is 1. The second-order valence-electron chi connectivity index (χ2n) is 4.46. The third-order valence-corrected chi connectivity index (χ3v) is 3.68. The Morgan fingerprint density at radius 3 is 2.68 bits per heavy atom. The van der Waals surface area contributed by atoms with Gasteiger partial charge in [0.2, 0.25) is 0 Å². The lowest BCUT2D eigenvalue weighted by atomic mass is 10.1. The Hall–Kier alpha value is -1.81. The fraction of sp³-hybridized carbons (Fsp3) is 0.133. The van der Waals surface area contributed by atoms with E-state index in [1.807, 2.05) is 32.0 Å². The molecule has 0 aliphatic heterocycles. The first-order valence-corrected chi connectivity index (χ1v) is 6.71. The van der Waals surface area contributed by atoms with Gasteiger partial charge in [-0.3, -0.25) is 4.79 Å². The summed E-state index contributed by atoms with van der Waals surface area (Å²) < 4.78 is 0.855. The summed E-state index contributed by atoms with van der Waals surface area (Å²) >= 11 is 3.43. The number of anilines is 2.